The maximum atomic E-state index is 14.6. The van der Waals surface area contributed by atoms with Crippen LogP contribution >= 0.6 is 11.3 Å². The van der Waals surface area contributed by atoms with Gasteiger partial charge in [-0.05, 0) is 44.7 Å². The highest BCUT2D eigenvalue weighted by molar-refractivity contribution is 7.13. The van der Waals surface area contributed by atoms with E-state index in [1.807, 2.05) is 6.92 Å². The van der Waals surface area contributed by atoms with Crippen molar-refractivity contribution in [3.63, 3.8) is 0 Å². The Kier molecular flexibility index (Phi) is 11.5. The molecule has 0 radical (unpaired) electrons. The molecule has 3 aromatic rings. The van der Waals surface area contributed by atoms with Crippen LogP contribution in [-0.2, 0) is 14.2 Å². The van der Waals surface area contributed by atoms with Crippen LogP contribution in [-0.4, -0.2) is 101 Å². The number of hydrogen-bond acceptors (Lipinski definition) is 12. The van der Waals surface area contributed by atoms with Gasteiger partial charge in [0.25, 0.3) is 5.91 Å². The number of morpholine rings is 1. The monoisotopic (exact) mass is 658 g/mol. The molecule has 4 heterocycles. The first-order valence-electron chi connectivity index (χ1n) is 15.1. The number of pyridine rings is 1. The Bertz CT molecular complexity index is 1560. The topological polar surface area (TPSA) is 159 Å². The number of allylic oxidation sites excluding steroid dienone is 1. The van der Waals surface area contributed by atoms with Gasteiger partial charge in [0.1, 0.15) is 23.0 Å². The molecule has 5 rings (SSSR count). The Morgan fingerprint density at radius 1 is 1.20 bits per heavy atom. The highest BCUT2D eigenvalue weighted by Gasteiger charge is 2.22. The molecule has 16 heteroatoms. The molecular formula is C30H36F2N8O5S. The summed E-state index contributed by atoms with van der Waals surface area (Å²) in [6, 6.07) is 1.72. The molecule has 0 spiro atoms. The summed E-state index contributed by atoms with van der Waals surface area (Å²) < 4.78 is 45.9. The molecule has 1 aliphatic carbocycles. The van der Waals surface area contributed by atoms with Gasteiger partial charge in [0.05, 0.1) is 43.0 Å². The summed E-state index contributed by atoms with van der Waals surface area (Å²) in [5.41, 5.74) is 5.96. The normalized spacial score (nSPS) is 19.6. The SMILES string of the molecule is CCOC1CCC(N=C/C(NC(=O)c2csc(-c3cnn(C(=O)OCCN4CCOCC4)c3)n2)=C(\N)c2nc(F)ccc2F)CC1. The van der Waals surface area contributed by atoms with Crippen LogP contribution in [0.3, 0.4) is 0 Å². The number of halogens is 2. The Morgan fingerprint density at radius 2 is 1.98 bits per heavy atom. The van der Waals surface area contributed by atoms with Crippen molar-refractivity contribution in [2.24, 2.45) is 10.7 Å². The smallest absolute Gasteiger partial charge is 0.434 e. The molecule has 1 saturated heterocycles. The number of nitrogens with zero attached hydrogens (tertiary/aromatic N) is 6. The van der Waals surface area contributed by atoms with Gasteiger partial charge in [0.2, 0.25) is 5.95 Å². The van der Waals surface area contributed by atoms with Crippen LogP contribution in [0, 0.1) is 11.8 Å². The summed E-state index contributed by atoms with van der Waals surface area (Å²) in [4.78, 5) is 40.5. The van der Waals surface area contributed by atoms with Crippen molar-refractivity contribution < 1.29 is 32.6 Å². The average molecular weight is 659 g/mol. The van der Waals surface area contributed by atoms with Crippen molar-refractivity contribution in [3.8, 4) is 10.6 Å². The van der Waals surface area contributed by atoms with Crippen molar-refractivity contribution >= 4 is 35.2 Å². The number of carbonyl (C=O) groups excluding carboxylic acids is 2. The summed E-state index contributed by atoms with van der Waals surface area (Å²) in [7, 11) is 0. The number of amides is 1. The quantitative estimate of drug-likeness (QED) is 0.231. The van der Waals surface area contributed by atoms with Crippen LogP contribution in [0.4, 0.5) is 13.6 Å². The summed E-state index contributed by atoms with van der Waals surface area (Å²) in [6.45, 7) is 6.28. The van der Waals surface area contributed by atoms with E-state index < -0.39 is 29.5 Å². The Morgan fingerprint density at radius 3 is 2.74 bits per heavy atom. The fourth-order valence-electron chi connectivity index (χ4n) is 5.06. The summed E-state index contributed by atoms with van der Waals surface area (Å²) >= 11 is 1.16. The second-order valence-corrected chi connectivity index (χ2v) is 11.5. The third-order valence-corrected chi connectivity index (χ3v) is 8.45. The molecule has 2 aliphatic rings. The third-order valence-electron chi connectivity index (χ3n) is 7.56. The summed E-state index contributed by atoms with van der Waals surface area (Å²) in [5, 5.41) is 8.65. The lowest BCUT2D eigenvalue weighted by Gasteiger charge is -2.26. The van der Waals surface area contributed by atoms with Crippen molar-refractivity contribution in [1.82, 2.24) is 30.0 Å². The zero-order valence-corrected chi connectivity index (χ0v) is 26.2. The first kappa shape index (κ1) is 33.2. The Balaban J connectivity index is 1.26. The molecule has 0 aromatic carbocycles. The molecule has 46 heavy (non-hydrogen) atoms. The molecule has 0 atom stereocenters. The minimum atomic E-state index is -0.929. The summed E-state index contributed by atoms with van der Waals surface area (Å²) in [6.07, 6.45) is 7.00. The lowest BCUT2D eigenvalue weighted by molar-refractivity contribution is 0.0280. The third kappa shape index (κ3) is 8.78. The van der Waals surface area contributed by atoms with E-state index in [2.05, 4.69) is 30.3 Å². The van der Waals surface area contributed by atoms with E-state index in [9.17, 15) is 18.4 Å². The molecule has 1 amide bonds. The first-order chi connectivity index (χ1) is 22.3. The maximum Gasteiger partial charge on any atom is 0.434 e. The second kappa shape index (κ2) is 15.9. The van der Waals surface area contributed by atoms with Crippen LogP contribution in [0.5, 0.6) is 0 Å². The van der Waals surface area contributed by atoms with Crippen molar-refractivity contribution in [1.29, 1.82) is 0 Å². The van der Waals surface area contributed by atoms with Crippen LogP contribution in [0.2, 0.25) is 0 Å². The van der Waals surface area contributed by atoms with Gasteiger partial charge in [-0.3, -0.25) is 14.7 Å². The minimum absolute atomic E-state index is 0.0319. The van der Waals surface area contributed by atoms with E-state index in [0.29, 0.717) is 36.9 Å². The van der Waals surface area contributed by atoms with Crippen LogP contribution in [0.1, 0.15) is 48.8 Å². The largest absolute Gasteiger partial charge is 0.447 e. The number of aromatic nitrogens is 4. The molecule has 3 aromatic heterocycles. The number of nitrogens with one attached hydrogen (secondary N) is 1. The van der Waals surface area contributed by atoms with Crippen molar-refractivity contribution in [3.05, 3.63) is 58.8 Å². The minimum Gasteiger partial charge on any atom is -0.447 e. The van der Waals surface area contributed by atoms with Gasteiger partial charge in [-0.15, -0.1) is 11.3 Å². The lowest BCUT2D eigenvalue weighted by atomic mass is 9.93. The van der Waals surface area contributed by atoms with Crippen LogP contribution in [0.15, 0.2) is 40.6 Å². The lowest BCUT2D eigenvalue weighted by Crippen LogP contribution is -2.38. The van der Waals surface area contributed by atoms with Crippen LogP contribution in [0.25, 0.3) is 16.3 Å². The van der Waals surface area contributed by atoms with Gasteiger partial charge in [-0.25, -0.2) is 19.2 Å². The van der Waals surface area contributed by atoms with E-state index >= 15 is 0 Å². The molecular weight excluding hydrogens is 622 g/mol. The molecule has 0 bridgehead atoms. The fraction of sp³-hybridized carbons (Fsp3) is 0.467. The predicted octanol–water partition coefficient (Wildman–Crippen LogP) is 3.47. The highest BCUT2D eigenvalue weighted by atomic mass is 32.1. The first-order valence-corrected chi connectivity index (χ1v) is 15.9. The molecule has 13 nitrogen and oxygen atoms in total. The molecule has 246 valence electrons. The van der Waals surface area contributed by atoms with Crippen LogP contribution < -0.4 is 11.1 Å². The van der Waals surface area contributed by atoms with E-state index in [4.69, 9.17) is 19.9 Å². The average Bonchev–Trinajstić information content (AvgIpc) is 3.76. The van der Waals surface area contributed by atoms with Gasteiger partial charge in [0, 0.05) is 49.6 Å². The van der Waals surface area contributed by atoms with Gasteiger partial charge in [-0.2, -0.15) is 14.2 Å². The molecule has 1 aliphatic heterocycles. The number of hydrogen-bond donors (Lipinski definition) is 2. The van der Waals surface area contributed by atoms with Gasteiger partial charge >= 0.3 is 6.09 Å². The second-order valence-electron chi connectivity index (χ2n) is 10.7. The van der Waals surface area contributed by atoms with E-state index in [1.165, 1.54) is 24.0 Å². The van der Waals surface area contributed by atoms with Crippen molar-refractivity contribution in [2.75, 3.05) is 46.1 Å². The predicted molar refractivity (Wildman–Crippen MR) is 166 cm³/mol. The zero-order chi connectivity index (χ0) is 32.5. The number of rotatable bonds is 11. The van der Waals surface area contributed by atoms with Crippen molar-refractivity contribution in [2.45, 2.75) is 44.8 Å². The zero-order valence-electron chi connectivity index (χ0n) is 25.4. The number of thiazole rings is 1. The van der Waals surface area contributed by atoms with Gasteiger partial charge < -0.3 is 25.3 Å². The Labute approximate surface area is 268 Å². The van der Waals surface area contributed by atoms with Gasteiger partial charge in [-0.1, -0.05) is 0 Å². The highest BCUT2D eigenvalue weighted by Crippen LogP contribution is 2.25. The summed E-state index contributed by atoms with van der Waals surface area (Å²) in [5.74, 6) is -2.44. The van der Waals surface area contributed by atoms with E-state index in [1.54, 1.807) is 0 Å². The molecule has 1 saturated carbocycles. The maximum absolute atomic E-state index is 14.6. The molecule has 3 N–H and O–H groups in total. The number of aliphatic imine (C=N–C) groups is 1. The standard InChI is InChI=1S/C30H36F2N8O5S/c1-2-44-21-5-3-20(4-6-21)34-16-23(26(33)27-22(31)7-8-25(32)38-27)36-28(41)24-18-46-29(37-24)19-15-35-40(17-19)30(42)45-14-11-39-9-12-43-13-10-39/h7-8,15-18,20-21H,2-6,9-14,33H2,1H3,(H,36,41)/b26-23+,34-16?. The molecule has 0 unspecified atom stereocenters. The Hall–Kier alpha value is -4.12. The van der Waals surface area contributed by atoms with E-state index in [0.717, 1.165) is 66.9 Å². The van der Waals surface area contributed by atoms with E-state index in [-0.39, 0.29) is 35.8 Å². The number of carbonyl (C=O) groups is 2. The number of ether oxygens (including phenoxy) is 3. The number of nitrogens with two attached hydrogens (primary N) is 1. The van der Waals surface area contributed by atoms with Gasteiger partial charge in [0.15, 0.2) is 5.82 Å². The fourth-order valence-corrected chi connectivity index (χ4v) is 5.84. The molecule has 2 fully saturated rings.